The van der Waals surface area contributed by atoms with E-state index in [4.69, 9.17) is 13.9 Å². The van der Waals surface area contributed by atoms with Crippen LogP contribution in [-0.4, -0.2) is 56.1 Å². The molecule has 0 fully saturated rings. The molecule has 0 amide bonds. The lowest BCUT2D eigenvalue weighted by Gasteiger charge is -2.40. The second-order valence-corrected chi connectivity index (χ2v) is 14.7. The standard InChI is InChI=1S/C27H36O7Si/c1-7-21(28)24(34-35(5,6)27(2,3)4)23(29)22(33-26(31)20-16-12-9-13-17-20)18-32-25(30)19-14-10-8-11-15-19/h8-17,21-22,24,28H,7,18H2,1-6H3/t21-,22+,24-/m1/s1. The zero-order valence-corrected chi connectivity index (χ0v) is 22.3. The lowest BCUT2D eigenvalue weighted by molar-refractivity contribution is -0.143. The van der Waals surface area contributed by atoms with Gasteiger partial charge in [0.25, 0.3) is 0 Å². The van der Waals surface area contributed by atoms with Gasteiger partial charge in [0.05, 0.1) is 17.2 Å². The van der Waals surface area contributed by atoms with Crippen molar-refractivity contribution >= 4 is 26.0 Å². The highest BCUT2D eigenvalue weighted by Crippen LogP contribution is 2.38. The summed E-state index contributed by atoms with van der Waals surface area (Å²) >= 11 is 0. The molecule has 2 aromatic carbocycles. The predicted molar refractivity (Wildman–Crippen MR) is 136 cm³/mol. The Morgan fingerprint density at radius 1 is 0.886 bits per heavy atom. The van der Waals surface area contributed by atoms with Crippen LogP contribution in [0.15, 0.2) is 60.7 Å². The number of benzene rings is 2. The predicted octanol–water partition coefficient (Wildman–Crippen LogP) is 4.80. The normalized spacial score (nSPS) is 14.5. The van der Waals surface area contributed by atoms with E-state index in [0.717, 1.165) is 0 Å². The van der Waals surface area contributed by atoms with E-state index in [9.17, 15) is 19.5 Å². The van der Waals surface area contributed by atoms with Crippen LogP contribution in [0.1, 0.15) is 54.8 Å². The minimum Gasteiger partial charge on any atom is -0.458 e. The van der Waals surface area contributed by atoms with Gasteiger partial charge in [-0.2, -0.15) is 0 Å². The van der Waals surface area contributed by atoms with Gasteiger partial charge in [0, 0.05) is 0 Å². The number of aliphatic hydroxyl groups excluding tert-OH is 1. The molecule has 0 saturated carbocycles. The summed E-state index contributed by atoms with van der Waals surface area (Å²) in [6, 6.07) is 16.5. The second kappa shape index (κ2) is 12.2. The summed E-state index contributed by atoms with van der Waals surface area (Å²) in [5.74, 6) is -2.04. The molecule has 0 radical (unpaired) electrons. The molecule has 0 unspecified atom stereocenters. The molecule has 0 heterocycles. The van der Waals surface area contributed by atoms with Gasteiger partial charge in [-0.3, -0.25) is 4.79 Å². The highest BCUT2D eigenvalue weighted by Gasteiger charge is 2.44. The van der Waals surface area contributed by atoms with Crippen molar-refractivity contribution in [2.45, 2.75) is 70.6 Å². The SMILES string of the molecule is CC[C@@H](O)[C@@H](O[Si](C)(C)C(C)(C)C)C(=O)[C@H](COC(=O)c1ccccc1)OC(=O)c1ccccc1. The number of carbonyl (C=O) groups excluding carboxylic acids is 3. The minimum absolute atomic E-state index is 0.227. The lowest BCUT2D eigenvalue weighted by Crippen LogP contribution is -2.53. The minimum atomic E-state index is -2.49. The number of ether oxygens (including phenoxy) is 2. The molecule has 1 N–H and O–H groups in total. The van der Waals surface area contributed by atoms with Gasteiger partial charge in [-0.15, -0.1) is 0 Å². The lowest BCUT2D eigenvalue weighted by atomic mass is 10.0. The first-order valence-electron chi connectivity index (χ1n) is 11.7. The number of carbonyl (C=O) groups is 3. The Morgan fingerprint density at radius 3 is 1.83 bits per heavy atom. The fourth-order valence-corrected chi connectivity index (χ4v) is 4.23. The number of rotatable bonds is 11. The molecule has 0 aliphatic heterocycles. The molecule has 0 aliphatic carbocycles. The van der Waals surface area contributed by atoms with Crippen molar-refractivity contribution in [2.24, 2.45) is 0 Å². The third-order valence-corrected chi connectivity index (χ3v) is 10.7. The van der Waals surface area contributed by atoms with Crippen LogP contribution in [0.4, 0.5) is 0 Å². The van der Waals surface area contributed by atoms with E-state index < -0.39 is 51.0 Å². The smallest absolute Gasteiger partial charge is 0.338 e. The summed E-state index contributed by atoms with van der Waals surface area (Å²) in [7, 11) is -2.49. The van der Waals surface area contributed by atoms with E-state index in [1.807, 2.05) is 33.9 Å². The van der Waals surface area contributed by atoms with Gasteiger partial charge in [0.1, 0.15) is 12.7 Å². The van der Waals surface area contributed by atoms with Crippen LogP contribution in [-0.2, 0) is 18.7 Å². The van der Waals surface area contributed by atoms with Crippen molar-refractivity contribution in [3.63, 3.8) is 0 Å². The second-order valence-electron chi connectivity index (χ2n) is 9.90. The van der Waals surface area contributed by atoms with Crippen LogP contribution >= 0.6 is 0 Å². The Hall–Kier alpha value is -2.81. The zero-order valence-electron chi connectivity index (χ0n) is 21.3. The third kappa shape index (κ3) is 7.85. The number of esters is 2. The van der Waals surface area contributed by atoms with Crippen molar-refractivity contribution in [3.05, 3.63) is 71.8 Å². The van der Waals surface area contributed by atoms with E-state index in [-0.39, 0.29) is 17.0 Å². The summed E-state index contributed by atoms with van der Waals surface area (Å²) in [6.45, 7) is 11.2. The Kier molecular flexibility index (Phi) is 9.94. The Balaban J connectivity index is 2.32. The molecule has 190 valence electrons. The van der Waals surface area contributed by atoms with Crippen LogP contribution in [0, 0.1) is 0 Å². The van der Waals surface area contributed by atoms with Crippen molar-refractivity contribution in [3.8, 4) is 0 Å². The topological polar surface area (TPSA) is 99.1 Å². The van der Waals surface area contributed by atoms with Crippen molar-refractivity contribution in [1.29, 1.82) is 0 Å². The molecule has 0 aromatic heterocycles. The van der Waals surface area contributed by atoms with E-state index in [1.54, 1.807) is 67.6 Å². The van der Waals surface area contributed by atoms with Crippen molar-refractivity contribution in [1.82, 2.24) is 0 Å². The molecular formula is C27H36O7Si. The number of hydrogen-bond donors (Lipinski definition) is 1. The number of hydrogen-bond acceptors (Lipinski definition) is 7. The zero-order chi connectivity index (χ0) is 26.2. The van der Waals surface area contributed by atoms with Gasteiger partial charge in [-0.1, -0.05) is 64.1 Å². The Bertz CT molecular complexity index is 984. The third-order valence-electron chi connectivity index (χ3n) is 6.23. The molecule has 8 heteroatoms. The average Bonchev–Trinajstić information content (AvgIpc) is 2.84. The molecule has 2 rings (SSSR count). The van der Waals surface area contributed by atoms with Crippen molar-refractivity contribution in [2.75, 3.05) is 6.61 Å². The molecule has 2 aromatic rings. The van der Waals surface area contributed by atoms with Crippen molar-refractivity contribution < 1.29 is 33.4 Å². The van der Waals surface area contributed by atoms with Crippen LogP contribution in [0.2, 0.25) is 18.1 Å². The molecule has 35 heavy (non-hydrogen) atoms. The fourth-order valence-electron chi connectivity index (χ4n) is 2.97. The first-order chi connectivity index (χ1) is 16.4. The maximum absolute atomic E-state index is 13.6. The molecule has 0 spiro atoms. The molecular weight excluding hydrogens is 464 g/mol. The summed E-state index contributed by atoms with van der Waals surface area (Å²) in [4.78, 5) is 38.9. The summed E-state index contributed by atoms with van der Waals surface area (Å²) in [5, 5.41) is 10.5. The average molecular weight is 501 g/mol. The monoisotopic (exact) mass is 500 g/mol. The van der Waals surface area contributed by atoms with Gasteiger partial charge in [-0.05, 0) is 48.8 Å². The largest absolute Gasteiger partial charge is 0.458 e. The fraction of sp³-hybridized carbons (Fsp3) is 0.444. The van der Waals surface area contributed by atoms with Crippen LogP contribution in [0.25, 0.3) is 0 Å². The van der Waals surface area contributed by atoms with E-state index in [1.165, 1.54) is 0 Å². The van der Waals surface area contributed by atoms with Crippen LogP contribution in [0.3, 0.4) is 0 Å². The van der Waals surface area contributed by atoms with Crippen LogP contribution < -0.4 is 0 Å². The number of aliphatic hydroxyl groups is 1. The van der Waals surface area contributed by atoms with Gasteiger partial charge in [0.15, 0.2) is 14.4 Å². The Morgan fingerprint density at radius 2 is 1.37 bits per heavy atom. The van der Waals surface area contributed by atoms with Gasteiger partial charge < -0.3 is 19.0 Å². The molecule has 3 atom stereocenters. The molecule has 0 saturated heterocycles. The first-order valence-corrected chi connectivity index (χ1v) is 14.7. The summed E-state index contributed by atoms with van der Waals surface area (Å²) in [5.41, 5.74) is 0.549. The highest BCUT2D eigenvalue weighted by atomic mass is 28.4. The molecule has 0 aliphatic rings. The highest BCUT2D eigenvalue weighted by molar-refractivity contribution is 6.74. The van der Waals surface area contributed by atoms with Gasteiger partial charge in [0.2, 0.25) is 5.78 Å². The number of Topliss-reactive ketones (excluding diaryl/α,β-unsaturated/α-hetero) is 1. The van der Waals surface area contributed by atoms with Gasteiger partial charge in [-0.25, -0.2) is 9.59 Å². The van der Waals surface area contributed by atoms with Gasteiger partial charge >= 0.3 is 11.9 Å². The summed E-state index contributed by atoms with van der Waals surface area (Å²) in [6.07, 6.45) is -3.54. The Labute approximate surface area is 208 Å². The van der Waals surface area contributed by atoms with E-state index in [0.29, 0.717) is 5.56 Å². The maximum Gasteiger partial charge on any atom is 0.338 e. The van der Waals surface area contributed by atoms with E-state index >= 15 is 0 Å². The molecule has 0 bridgehead atoms. The first kappa shape index (κ1) is 28.4. The maximum atomic E-state index is 13.6. The quantitative estimate of drug-likeness (QED) is 0.349. The molecule has 7 nitrogen and oxygen atoms in total. The number of ketones is 1. The summed E-state index contributed by atoms with van der Waals surface area (Å²) < 4.78 is 17.1. The van der Waals surface area contributed by atoms with E-state index in [2.05, 4.69) is 0 Å². The van der Waals surface area contributed by atoms with Crippen LogP contribution in [0.5, 0.6) is 0 Å².